The van der Waals surface area contributed by atoms with Crippen molar-refractivity contribution < 1.29 is 14.5 Å². The summed E-state index contributed by atoms with van der Waals surface area (Å²) in [5, 5.41) is 17.3. The zero-order valence-electron chi connectivity index (χ0n) is 15.3. The lowest BCUT2D eigenvalue weighted by atomic mass is 10.1. The highest BCUT2D eigenvalue weighted by Gasteiger charge is 2.35. The molecule has 0 aliphatic carbocycles. The Kier molecular flexibility index (Phi) is 5.28. The Hall–Kier alpha value is -3.23. The highest BCUT2D eigenvalue weighted by Crippen LogP contribution is 2.28. The number of amides is 1. The molecular formula is C20H17ClN4O4. The van der Waals surface area contributed by atoms with Crippen LogP contribution in [-0.2, 0) is 9.53 Å². The minimum Gasteiger partial charge on any atom is -0.378 e. The zero-order valence-corrected chi connectivity index (χ0v) is 16.1. The summed E-state index contributed by atoms with van der Waals surface area (Å²) in [4.78, 5) is 25.6. The molecule has 148 valence electrons. The SMILES string of the molecule is O=C1/C(=C\c2ccc(Cl)cc2)C(N2CCOCC2)=NN1c1ccc([N+](=O)[O-])cc1. The largest absolute Gasteiger partial charge is 0.378 e. The van der Waals surface area contributed by atoms with Crippen molar-refractivity contribution in [3.63, 3.8) is 0 Å². The first-order valence-electron chi connectivity index (χ1n) is 9.01. The van der Waals surface area contributed by atoms with Crippen LogP contribution in [0, 0.1) is 10.1 Å². The van der Waals surface area contributed by atoms with Gasteiger partial charge in [-0.1, -0.05) is 23.7 Å². The second kappa shape index (κ2) is 8.02. The number of non-ortho nitro benzene ring substituents is 1. The molecule has 0 saturated carbocycles. The molecule has 0 aromatic heterocycles. The maximum Gasteiger partial charge on any atom is 0.282 e. The molecule has 29 heavy (non-hydrogen) atoms. The summed E-state index contributed by atoms with van der Waals surface area (Å²) in [6.07, 6.45) is 1.78. The van der Waals surface area contributed by atoms with Crippen LogP contribution >= 0.6 is 11.6 Å². The summed E-state index contributed by atoms with van der Waals surface area (Å²) in [6.45, 7) is 2.36. The maximum absolute atomic E-state index is 13.2. The normalized spacial score (nSPS) is 18.3. The first-order valence-corrected chi connectivity index (χ1v) is 9.38. The predicted molar refractivity (Wildman–Crippen MR) is 110 cm³/mol. The van der Waals surface area contributed by atoms with Crippen molar-refractivity contribution in [2.24, 2.45) is 5.10 Å². The number of anilines is 1. The summed E-state index contributed by atoms with van der Waals surface area (Å²) < 4.78 is 5.41. The van der Waals surface area contributed by atoms with E-state index in [2.05, 4.69) is 5.10 Å². The Bertz CT molecular complexity index is 996. The topological polar surface area (TPSA) is 88.3 Å². The molecule has 0 radical (unpaired) electrons. The molecule has 1 fully saturated rings. The van der Waals surface area contributed by atoms with E-state index in [1.807, 2.05) is 17.0 Å². The molecular weight excluding hydrogens is 396 g/mol. The average Bonchev–Trinajstić information content (AvgIpc) is 3.06. The number of ether oxygens (including phenoxy) is 1. The quantitative estimate of drug-likeness (QED) is 0.438. The fourth-order valence-corrected chi connectivity index (χ4v) is 3.28. The summed E-state index contributed by atoms with van der Waals surface area (Å²) in [6, 6.07) is 12.9. The predicted octanol–water partition coefficient (Wildman–Crippen LogP) is 3.32. The highest BCUT2D eigenvalue weighted by molar-refractivity contribution is 6.32. The number of hydrogen-bond donors (Lipinski definition) is 0. The van der Waals surface area contributed by atoms with Gasteiger partial charge in [-0.15, -0.1) is 5.10 Å². The lowest BCUT2D eigenvalue weighted by Gasteiger charge is -2.28. The molecule has 0 N–H and O–H groups in total. The molecule has 1 saturated heterocycles. The first-order chi connectivity index (χ1) is 14.0. The van der Waals surface area contributed by atoms with E-state index in [0.29, 0.717) is 48.4 Å². The van der Waals surface area contributed by atoms with Gasteiger partial charge in [0.15, 0.2) is 5.84 Å². The van der Waals surface area contributed by atoms with Crippen molar-refractivity contribution in [1.29, 1.82) is 0 Å². The van der Waals surface area contributed by atoms with E-state index in [1.54, 1.807) is 18.2 Å². The van der Waals surface area contributed by atoms with E-state index in [1.165, 1.54) is 29.3 Å². The Balaban J connectivity index is 1.71. The lowest BCUT2D eigenvalue weighted by molar-refractivity contribution is -0.384. The molecule has 4 rings (SSSR count). The number of carbonyl (C=O) groups is 1. The highest BCUT2D eigenvalue weighted by atomic mass is 35.5. The number of carbonyl (C=O) groups excluding carboxylic acids is 1. The third-order valence-corrected chi connectivity index (χ3v) is 4.91. The van der Waals surface area contributed by atoms with Gasteiger partial charge in [0.2, 0.25) is 0 Å². The molecule has 1 amide bonds. The molecule has 2 aliphatic heterocycles. The number of morpholine rings is 1. The van der Waals surface area contributed by atoms with Gasteiger partial charge in [-0.2, -0.15) is 5.01 Å². The number of amidine groups is 1. The van der Waals surface area contributed by atoms with Gasteiger partial charge >= 0.3 is 0 Å². The molecule has 0 unspecified atom stereocenters. The smallest absolute Gasteiger partial charge is 0.282 e. The van der Waals surface area contributed by atoms with Crippen molar-refractivity contribution >= 4 is 40.8 Å². The number of nitro benzene ring substituents is 1. The summed E-state index contributed by atoms with van der Waals surface area (Å²) >= 11 is 5.96. The molecule has 2 aliphatic rings. The fraction of sp³-hybridized carbons (Fsp3) is 0.200. The molecule has 9 heteroatoms. The number of hydrazone groups is 1. The van der Waals surface area contributed by atoms with Gasteiger partial charge in [-0.3, -0.25) is 14.9 Å². The number of benzene rings is 2. The molecule has 2 heterocycles. The molecule has 8 nitrogen and oxygen atoms in total. The molecule has 2 aromatic rings. The number of nitro groups is 1. The van der Waals surface area contributed by atoms with Crippen LogP contribution in [0.5, 0.6) is 0 Å². The van der Waals surface area contributed by atoms with Crippen LogP contribution < -0.4 is 5.01 Å². The van der Waals surface area contributed by atoms with Crippen molar-refractivity contribution in [2.75, 3.05) is 31.3 Å². The molecule has 0 spiro atoms. The van der Waals surface area contributed by atoms with E-state index < -0.39 is 4.92 Å². The van der Waals surface area contributed by atoms with Crippen molar-refractivity contribution in [3.05, 3.63) is 74.8 Å². The molecule has 0 atom stereocenters. The van der Waals surface area contributed by atoms with E-state index in [4.69, 9.17) is 16.3 Å². The Morgan fingerprint density at radius 1 is 1.07 bits per heavy atom. The third-order valence-electron chi connectivity index (χ3n) is 4.66. The molecule has 0 bridgehead atoms. The van der Waals surface area contributed by atoms with E-state index in [0.717, 1.165) is 5.56 Å². The molecule has 2 aromatic carbocycles. The van der Waals surface area contributed by atoms with E-state index >= 15 is 0 Å². The van der Waals surface area contributed by atoms with Crippen LogP contribution in [0.3, 0.4) is 0 Å². The Labute approximate surface area is 171 Å². The van der Waals surface area contributed by atoms with Crippen molar-refractivity contribution in [3.8, 4) is 0 Å². The summed E-state index contributed by atoms with van der Waals surface area (Å²) in [7, 11) is 0. The van der Waals surface area contributed by atoms with Crippen LogP contribution in [0.15, 0.2) is 59.2 Å². The fourth-order valence-electron chi connectivity index (χ4n) is 3.15. The van der Waals surface area contributed by atoms with Gasteiger partial charge in [0.05, 0.1) is 29.4 Å². The van der Waals surface area contributed by atoms with Gasteiger partial charge in [0, 0.05) is 30.2 Å². The van der Waals surface area contributed by atoms with Crippen LogP contribution in [0.1, 0.15) is 5.56 Å². The Morgan fingerprint density at radius 3 is 2.34 bits per heavy atom. The number of nitrogens with zero attached hydrogens (tertiary/aromatic N) is 4. The number of hydrogen-bond acceptors (Lipinski definition) is 6. The van der Waals surface area contributed by atoms with Crippen LogP contribution in [0.25, 0.3) is 6.08 Å². The van der Waals surface area contributed by atoms with Crippen LogP contribution in [-0.4, -0.2) is 47.9 Å². The van der Waals surface area contributed by atoms with E-state index in [-0.39, 0.29) is 11.6 Å². The maximum atomic E-state index is 13.2. The average molecular weight is 413 g/mol. The van der Waals surface area contributed by atoms with Crippen LogP contribution in [0.2, 0.25) is 5.02 Å². The lowest BCUT2D eigenvalue weighted by Crippen LogP contribution is -2.41. The van der Waals surface area contributed by atoms with Gasteiger partial charge < -0.3 is 9.64 Å². The zero-order chi connectivity index (χ0) is 20.4. The van der Waals surface area contributed by atoms with E-state index in [9.17, 15) is 14.9 Å². The monoisotopic (exact) mass is 412 g/mol. The van der Waals surface area contributed by atoms with Crippen molar-refractivity contribution in [1.82, 2.24) is 4.90 Å². The second-order valence-corrected chi connectivity index (χ2v) is 6.96. The van der Waals surface area contributed by atoms with Crippen LogP contribution in [0.4, 0.5) is 11.4 Å². The van der Waals surface area contributed by atoms with Gasteiger partial charge in [0.25, 0.3) is 11.6 Å². The second-order valence-electron chi connectivity index (χ2n) is 6.52. The third kappa shape index (κ3) is 3.98. The summed E-state index contributed by atoms with van der Waals surface area (Å²) in [5.41, 5.74) is 1.69. The van der Waals surface area contributed by atoms with Gasteiger partial charge in [-0.25, -0.2) is 0 Å². The van der Waals surface area contributed by atoms with Gasteiger partial charge in [-0.05, 0) is 35.9 Å². The number of rotatable bonds is 3. The summed E-state index contributed by atoms with van der Waals surface area (Å²) in [5.74, 6) is 0.266. The standard InChI is InChI=1S/C20H17ClN4O4/c21-15-3-1-14(2-4-15)13-18-19(23-9-11-29-12-10-23)22-24(20(18)26)16-5-7-17(8-6-16)25(27)28/h1-8,13H,9-12H2/b18-13-. The minimum atomic E-state index is -0.482. The first kappa shape index (κ1) is 19.1. The Morgan fingerprint density at radius 2 is 1.72 bits per heavy atom. The number of halogens is 1. The van der Waals surface area contributed by atoms with Crippen molar-refractivity contribution in [2.45, 2.75) is 0 Å². The minimum absolute atomic E-state index is 0.0466. The van der Waals surface area contributed by atoms with Gasteiger partial charge in [0.1, 0.15) is 0 Å².